The molecule has 0 amide bonds. The number of likely N-dealkylation sites (N-methyl/N-ethyl adjacent to an activating group) is 1. The summed E-state index contributed by atoms with van der Waals surface area (Å²) in [5, 5.41) is 3.36. The topological polar surface area (TPSA) is 30.5 Å². The van der Waals surface area contributed by atoms with Gasteiger partial charge in [-0.2, -0.15) is 0 Å². The number of hydrogen-bond acceptors (Lipinski definition) is 3. The lowest BCUT2D eigenvalue weighted by Crippen LogP contribution is -2.38. The molecule has 1 atom stereocenters. The molecule has 2 rings (SSSR count). The van der Waals surface area contributed by atoms with Gasteiger partial charge in [0, 0.05) is 7.11 Å². The Labute approximate surface area is 109 Å². The number of methoxy groups -OCH3 is 1. The zero-order valence-corrected chi connectivity index (χ0v) is 11.4. The van der Waals surface area contributed by atoms with Crippen LogP contribution >= 0.6 is 0 Å². The maximum absolute atomic E-state index is 5.86. The van der Waals surface area contributed by atoms with Gasteiger partial charge in [0.25, 0.3) is 0 Å². The van der Waals surface area contributed by atoms with Crippen LogP contribution in [0.1, 0.15) is 24.5 Å². The third kappa shape index (κ3) is 3.47. The Kier molecular flexibility index (Phi) is 5.02. The van der Waals surface area contributed by atoms with Gasteiger partial charge in [0.15, 0.2) is 0 Å². The third-order valence-corrected chi connectivity index (χ3v) is 3.38. The first kappa shape index (κ1) is 13.4. The van der Waals surface area contributed by atoms with Crippen molar-refractivity contribution in [3.63, 3.8) is 0 Å². The van der Waals surface area contributed by atoms with Crippen molar-refractivity contribution in [1.29, 1.82) is 0 Å². The highest BCUT2D eigenvalue weighted by molar-refractivity contribution is 5.38. The minimum absolute atomic E-state index is 0.258. The summed E-state index contributed by atoms with van der Waals surface area (Å²) in [6.07, 6.45) is 3.70. The summed E-state index contributed by atoms with van der Waals surface area (Å²) in [6.45, 7) is 4.36. The van der Waals surface area contributed by atoms with Crippen LogP contribution in [0.15, 0.2) is 18.2 Å². The standard InChI is InChI=1S/C15H23NO2/c1-3-16-14(10-17-2)11-18-15-8-7-12-5-4-6-13(12)9-15/h7-9,14,16H,3-6,10-11H2,1-2H3. The second-order valence-corrected chi connectivity index (χ2v) is 4.81. The van der Waals surface area contributed by atoms with Crippen LogP contribution in [0.5, 0.6) is 5.75 Å². The molecule has 0 radical (unpaired) electrons. The van der Waals surface area contributed by atoms with E-state index in [2.05, 4.69) is 30.4 Å². The van der Waals surface area contributed by atoms with E-state index in [9.17, 15) is 0 Å². The van der Waals surface area contributed by atoms with E-state index in [4.69, 9.17) is 9.47 Å². The fourth-order valence-corrected chi connectivity index (χ4v) is 2.49. The molecule has 1 aliphatic carbocycles. The molecule has 0 spiro atoms. The predicted octanol–water partition coefficient (Wildman–Crippen LogP) is 2.18. The zero-order chi connectivity index (χ0) is 12.8. The maximum atomic E-state index is 5.86. The SMILES string of the molecule is CCNC(COC)COc1ccc2c(c1)CCC2. The molecule has 3 heteroatoms. The van der Waals surface area contributed by atoms with E-state index in [0.717, 1.165) is 12.3 Å². The molecule has 1 N–H and O–H groups in total. The summed E-state index contributed by atoms with van der Waals surface area (Å²) in [6, 6.07) is 6.74. The molecule has 100 valence electrons. The van der Waals surface area contributed by atoms with Gasteiger partial charge >= 0.3 is 0 Å². The zero-order valence-electron chi connectivity index (χ0n) is 11.4. The molecule has 1 aromatic rings. The molecule has 0 saturated heterocycles. The Balaban J connectivity index is 1.88. The van der Waals surface area contributed by atoms with Gasteiger partial charge in [-0.25, -0.2) is 0 Å². The van der Waals surface area contributed by atoms with Crippen molar-refractivity contribution >= 4 is 0 Å². The van der Waals surface area contributed by atoms with Crippen LogP contribution in [0.3, 0.4) is 0 Å². The monoisotopic (exact) mass is 249 g/mol. The molecule has 3 nitrogen and oxygen atoms in total. The molecule has 0 aliphatic heterocycles. The molecule has 0 aromatic heterocycles. The molecule has 0 bridgehead atoms. The number of fused-ring (bicyclic) bond motifs is 1. The lowest BCUT2D eigenvalue weighted by molar-refractivity contribution is 0.137. The highest BCUT2D eigenvalue weighted by Gasteiger charge is 2.12. The number of ether oxygens (including phenoxy) is 2. The smallest absolute Gasteiger partial charge is 0.119 e. The highest BCUT2D eigenvalue weighted by Crippen LogP contribution is 2.25. The third-order valence-electron chi connectivity index (χ3n) is 3.38. The van der Waals surface area contributed by atoms with E-state index >= 15 is 0 Å². The van der Waals surface area contributed by atoms with Crippen LogP contribution in [0.4, 0.5) is 0 Å². The highest BCUT2D eigenvalue weighted by atomic mass is 16.5. The Bertz CT molecular complexity index is 373. The van der Waals surface area contributed by atoms with Gasteiger partial charge in [-0.05, 0) is 49.1 Å². The molecule has 0 saturated carbocycles. The number of hydrogen-bond donors (Lipinski definition) is 1. The lowest BCUT2D eigenvalue weighted by atomic mass is 10.1. The summed E-state index contributed by atoms with van der Waals surface area (Å²) in [5.41, 5.74) is 2.95. The number of nitrogens with one attached hydrogen (secondary N) is 1. The van der Waals surface area contributed by atoms with E-state index in [1.54, 1.807) is 7.11 Å². The molecule has 0 fully saturated rings. The lowest BCUT2D eigenvalue weighted by Gasteiger charge is -2.18. The Morgan fingerprint density at radius 3 is 2.83 bits per heavy atom. The molecule has 1 aromatic carbocycles. The van der Waals surface area contributed by atoms with E-state index < -0.39 is 0 Å². The Hall–Kier alpha value is -1.06. The average Bonchev–Trinajstić information content (AvgIpc) is 2.84. The Morgan fingerprint density at radius 2 is 2.06 bits per heavy atom. The van der Waals surface area contributed by atoms with Crippen molar-refractivity contribution in [2.24, 2.45) is 0 Å². The first-order chi connectivity index (χ1) is 8.83. The van der Waals surface area contributed by atoms with Crippen LogP contribution in [0.25, 0.3) is 0 Å². The molecule has 1 aliphatic rings. The minimum atomic E-state index is 0.258. The van der Waals surface area contributed by atoms with E-state index in [1.165, 1.54) is 30.4 Å². The van der Waals surface area contributed by atoms with Gasteiger partial charge in [0.1, 0.15) is 12.4 Å². The van der Waals surface area contributed by atoms with E-state index in [1.807, 2.05) is 0 Å². The van der Waals surface area contributed by atoms with Gasteiger partial charge in [-0.15, -0.1) is 0 Å². The summed E-state index contributed by atoms with van der Waals surface area (Å²) in [5.74, 6) is 0.981. The largest absolute Gasteiger partial charge is 0.492 e. The second kappa shape index (κ2) is 6.76. The molecule has 1 unspecified atom stereocenters. The molecule has 18 heavy (non-hydrogen) atoms. The summed E-state index contributed by atoms with van der Waals surface area (Å²) < 4.78 is 11.0. The number of rotatable bonds is 7. The van der Waals surface area contributed by atoms with Gasteiger partial charge in [0.2, 0.25) is 0 Å². The fraction of sp³-hybridized carbons (Fsp3) is 0.600. The normalized spacial score (nSPS) is 15.4. The van der Waals surface area contributed by atoms with Crippen molar-refractivity contribution in [1.82, 2.24) is 5.32 Å². The number of aryl methyl sites for hydroxylation is 2. The van der Waals surface area contributed by atoms with Crippen molar-refractivity contribution in [2.75, 3.05) is 26.9 Å². The predicted molar refractivity (Wildman–Crippen MR) is 73.3 cm³/mol. The van der Waals surface area contributed by atoms with Crippen LogP contribution in [0.2, 0.25) is 0 Å². The van der Waals surface area contributed by atoms with Crippen LogP contribution in [-0.4, -0.2) is 32.9 Å². The second-order valence-electron chi connectivity index (χ2n) is 4.81. The molecule has 0 heterocycles. The van der Waals surface area contributed by atoms with Gasteiger partial charge in [0.05, 0.1) is 12.6 Å². The fourth-order valence-electron chi connectivity index (χ4n) is 2.49. The Morgan fingerprint density at radius 1 is 1.22 bits per heavy atom. The van der Waals surface area contributed by atoms with Crippen LogP contribution in [0, 0.1) is 0 Å². The van der Waals surface area contributed by atoms with Gasteiger partial charge in [-0.3, -0.25) is 0 Å². The maximum Gasteiger partial charge on any atom is 0.119 e. The quantitative estimate of drug-likeness (QED) is 0.803. The van der Waals surface area contributed by atoms with Crippen LogP contribution in [-0.2, 0) is 17.6 Å². The van der Waals surface area contributed by atoms with Gasteiger partial charge < -0.3 is 14.8 Å². The first-order valence-corrected chi connectivity index (χ1v) is 6.80. The number of benzene rings is 1. The first-order valence-electron chi connectivity index (χ1n) is 6.80. The van der Waals surface area contributed by atoms with Crippen molar-refractivity contribution in [2.45, 2.75) is 32.2 Å². The minimum Gasteiger partial charge on any atom is -0.492 e. The van der Waals surface area contributed by atoms with Crippen LogP contribution < -0.4 is 10.1 Å². The molecular formula is C15H23NO2. The van der Waals surface area contributed by atoms with Gasteiger partial charge in [-0.1, -0.05) is 13.0 Å². The molecular weight excluding hydrogens is 226 g/mol. The van der Waals surface area contributed by atoms with Crippen molar-refractivity contribution in [3.8, 4) is 5.75 Å². The summed E-state index contributed by atoms with van der Waals surface area (Å²) >= 11 is 0. The summed E-state index contributed by atoms with van der Waals surface area (Å²) in [4.78, 5) is 0. The summed E-state index contributed by atoms with van der Waals surface area (Å²) in [7, 11) is 1.72. The van der Waals surface area contributed by atoms with E-state index in [-0.39, 0.29) is 6.04 Å². The van der Waals surface area contributed by atoms with E-state index in [0.29, 0.717) is 13.2 Å². The average molecular weight is 249 g/mol. The van der Waals surface area contributed by atoms with Crippen molar-refractivity contribution in [3.05, 3.63) is 29.3 Å². The van der Waals surface area contributed by atoms with Crippen molar-refractivity contribution < 1.29 is 9.47 Å².